The molecule has 1 aromatic rings. The lowest BCUT2D eigenvalue weighted by Crippen LogP contribution is -1.93. The van der Waals surface area contributed by atoms with Crippen molar-refractivity contribution >= 4 is 17.3 Å². The summed E-state index contributed by atoms with van der Waals surface area (Å²) in [6.07, 6.45) is 0. The summed E-state index contributed by atoms with van der Waals surface area (Å²) in [5, 5.41) is 3.86. The second-order valence-electron chi connectivity index (χ2n) is 2.92. The molecule has 1 nitrogen and oxygen atoms in total. The molecule has 0 radical (unpaired) electrons. The van der Waals surface area contributed by atoms with E-state index in [9.17, 15) is 0 Å². The molecule has 1 rings (SSSR count). The van der Waals surface area contributed by atoms with Crippen LogP contribution < -0.4 is 5.32 Å². The number of hydrogen-bond acceptors (Lipinski definition) is 1. The largest absolute Gasteiger partial charge is 0.360 e. The smallest absolute Gasteiger partial charge is 0.0429 e. The quantitative estimate of drug-likeness (QED) is 0.735. The van der Waals surface area contributed by atoms with E-state index in [1.807, 2.05) is 32.0 Å². The summed E-state index contributed by atoms with van der Waals surface area (Å²) < 4.78 is 0. The highest BCUT2D eigenvalue weighted by Crippen LogP contribution is 2.19. The summed E-state index contributed by atoms with van der Waals surface area (Å²) in [7, 11) is 0. The van der Waals surface area contributed by atoms with Crippen molar-refractivity contribution in [1.29, 1.82) is 0 Å². The Morgan fingerprint density at radius 3 is 2.58 bits per heavy atom. The third-order valence-electron chi connectivity index (χ3n) is 1.40. The molecule has 0 amide bonds. The molecule has 0 aliphatic heterocycles. The molecule has 0 spiro atoms. The van der Waals surface area contributed by atoms with Crippen molar-refractivity contribution < 1.29 is 0 Å². The average Bonchev–Trinajstić information content (AvgIpc) is 1.81. The predicted molar refractivity (Wildman–Crippen MR) is 54.6 cm³/mol. The number of rotatable bonds is 2. The summed E-state index contributed by atoms with van der Waals surface area (Å²) >= 11 is 5.86. The maximum atomic E-state index is 5.86. The van der Waals surface area contributed by atoms with Gasteiger partial charge in [-0.2, -0.15) is 0 Å². The molecule has 64 valence electrons. The first kappa shape index (κ1) is 9.14. The number of nitrogens with one attached hydrogen (secondary N) is 1. The van der Waals surface area contributed by atoms with Crippen LogP contribution in [0.4, 0.5) is 5.69 Å². The van der Waals surface area contributed by atoms with E-state index < -0.39 is 0 Å². The van der Waals surface area contributed by atoms with Crippen LogP contribution in [0.25, 0.3) is 0 Å². The molecule has 0 saturated heterocycles. The molecule has 2 heteroatoms. The Kier molecular flexibility index (Phi) is 2.77. The minimum Gasteiger partial charge on any atom is -0.360 e. The summed E-state index contributed by atoms with van der Waals surface area (Å²) in [6.45, 7) is 7.68. The summed E-state index contributed by atoms with van der Waals surface area (Å²) in [5.41, 5.74) is 3.05. The molecule has 1 N–H and O–H groups in total. The van der Waals surface area contributed by atoms with Gasteiger partial charge in [-0.3, -0.25) is 0 Å². The van der Waals surface area contributed by atoms with E-state index in [1.165, 1.54) is 0 Å². The zero-order valence-corrected chi connectivity index (χ0v) is 8.07. The number of allylic oxidation sites excluding steroid dienone is 1. The second kappa shape index (κ2) is 3.63. The summed E-state index contributed by atoms with van der Waals surface area (Å²) in [4.78, 5) is 0. The number of benzene rings is 1. The summed E-state index contributed by atoms with van der Waals surface area (Å²) in [6, 6.07) is 5.83. The van der Waals surface area contributed by atoms with Crippen LogP contribution in [-0.2, 0) is 0 Å². The van der Waals surface area contributed by atoms with E-state index in [0.717, 1.165) is 22.0 Å². The lowest BCUT2D eigenvalue weighted by molar-refractivity contribution is 1.37. The van der Waals surface area contributed by atoms with Gasteiger partial charge in [-0.05, 0) is 37.6 Å². The molecule has 0 heterocycles. The Morgan fingerprint density at radius 2 is 2.08 bits per heavy atom. The first-order valence-corrected chi connectivity index (χ1v) is 4.15. The predicted octanol–water partition coefficient (Wildman–Crippen LogP) is 3.59. The van der Waals surface area contributed by atoms with Crippen LogP contribution in [0.5, 0.6) is 0 Å². The van der Waals surface area contributed by atoms with Crippen LogP contribution in [0.15, 0.2) is 30.5 Å². The van der Waals surface area contributed by atoms with Gasteiger partial charge in [-0.1, -0.05) is 18.2 Å². The fourth-order valence-electron chi connectivity index (χ4n) is 1.05. The van der Waals surface area contributed by atoms with E-state index >= 15 is 0 Å². The van der Waals surface area contributed by atoms with Gasteiger partial charge in [-0.25, -0.2) is 0 Å². The van der Waals surface area contributed by atoms with Gasteiger partial charge in [0, 0.05) is 16.4 Å². The average molecular weight is 182 g/mol. The van der Waals surface area contributed by atoms with Gasteiger partial charge in [0.2, 0.25) is 0 Å². The Balaban J connectivity index is 2.93. The normalized spacial score (nSPS) is 9.58. The topological polar surface area (TPSA) is 12.0 Å². The molecule has 0 fully saturated rings. The molecular formula is C10H12ClN. The van der Waals surface area contributed by atoms with Crippen LogP contribution >= 0.6 is 11.6 Å². The van der Waals surface area contributed by atoms with Gasteiger partial charge >= 0.3 is 0 Å². The van der Waals surface area contributed by atoms with Crippen LogP contribution in [0.3, 0.4) is 0 Å². The highest BCUT2D eigenvalue weighted by atomic mass is 35.5. The van der Waals surface area contributed by atoms with Gasteiger partial charge in [-0.15, -0.1) is 0 Å². The van der Waals surface area contributed by atoms with Gasteiger partial charge in [0.15, 0.2) is 0 Å². The molecule has 0 aliphatic carbocycles. The Labute approximate surface area is 78.1 Å². The monoisotopic (exact) mass is 181 g/mol. The van der Waals surface area contributed by atoms with Crippen LogP contribution in [0.1, 0.15) is 12.5 Å². The molecule has 0 atom stereocenters. The lowest BCUT2D eigenvalue weighted by atomic mass is 10.2. The fraction of sp³-hybridized carbons (Fsp3) is 0.200. The molecular weight excluding hydrogens is 170 g/mol. The van der Waals surface area contributed by atoms with E-state index in [1.54, 1.807) is 0 Å². The first-order valence-electron chi connectivity index (χ1n) is 3.77. The zero-order chi connectivity index (χ0) is 9.14. The van der Waals surface area contributed by atoms with Crippen LogP contribution in [0.2, 0.25) is 5.02 Å². The van der Waals surface area contributed by atoms with Crippen molar-refractivity contribution in [3.63, 3.8) is 0 Å². The standard InChI is InChI=1S/C10H12ClN/c1-7(2)12-10-5-8(3)4-9(11)6-10/h4-6,12H,1H2,2-3H3. The highest BCUT2D eigenvalue weighted by molar-refractivity contribution is 6.30. The van der Waals surface area contributed by atoms with Gasteiger partial charge in [0.05, 0.1) is 0 Å². The summed E-state index contributed by atoms with van der Waals surface area (Å²) in [5.74, 6) is 0. The van der Waals surface area contributed by atoms with E-state index in [4.69, 9.17) is 11.6 Å². The van der Waals surface area contributed by atoms with Gasteiger partial charge in [0.1, 0.15) is 0 Å². The molecule has 0 unspecified atom stereocenters. The maximum absolute atomic E-state index is 5.86. The van der Waals surface area contributed by atoms with Crippen LogP contribution in [-0.4, -0.2) is 0 Å². The van der Waals surface area contributed by atoms with Crippen molar-refractivity contribution in [2.75, 3.05) is 5.32 Å². The molecule has 1 aromatic carbocycles. The number of aryl methyl sites for hydroxylation is 1. The second-order valence-corrected chi connectivity index (χ2v) is 3.36. The molecule has 0 saturated carbocycles. The Morgan fingerprint density at radius 1 is 1.42 bits per heavy atom. The number of anilines is 1. The Hall–Kier alpha value is -0.950. The van der Waals surface area contributed by atoms with Crippen molar-refractivity contribution in [2.45, 2.75) is 13.8 Å². The molecule has 0 aliphatic rings. The number of hydrogen-bond donors (Lipinski definition) is 1. The fourth-order valence-corrected chi connectivity index (χ4v) is 1.34. The first-order chi connectivity index (χ1) is 5.58. The van der Waals surface area contributed by atoms with E-state index in [0.29, 0.717) is 0 Å². The van der Waals surface area contributed by atoms with Crippen molar-refractivity contribution in [1.82, 2.24) is 0 Å². The minimum atomic E-state index is 0.749. The van der Waals surface area contributed by atoms with Crippen molar-refractivity contribution in [2.24, 2.45) is 0 Å². The van der Waals surface area contributed by atoms with E-state index in [-0.39, 0.29) is 0 Å². The molecule has 0 aromatic heterocycles. The van der Waals surface area contributed by atoms with Gasteiger partial charge in [0.25, 0.3) is 0 Å². The third kappa shape index (κ3) is 2.59. The Bertz CT molecular complexity index is 284. The number of halogens is 1. The van der Waals surface area contributed by atoms with Crippen LogP contribution in [0, 0.1) is 6.92 Å². The SMILES string of the molecule is C=C(C)Nc1cc(C)cc(Cl)c1. The maximum Gasteiger partial charge on any atom is 0.0429 e. The minimum absolute atomic E-state index is 0.749. The lowest BCUT2D eigenvalue weighted by Gasteiger charge is -2.06. The zero-order valence-electron chi connectivity index (χ0n) is 7.32. The third-order valence-corrected chi connectivity index (χ3v) is 1.62. The van der Waals surface area contributed by atoms with E-state index in [2.05, 4.69) is 11.9 Å². The molecule has 0 bridgehead atoms. The van der Waals surface area contributed by atoms with Crippen molar-refractivity contribution in [3.05, 3.63) is 41.1 Å². The highest BCUT2D eigenvalue weighted by Gasteiger charge is 1.95. The van der Waals surface area contributed by atoms with Crippen molar-refractivity contribution in [3.8, 4) is 0 Å². The van der Waals surface area contributed by atoms with Gasteiger partial charge < -0.3 is 5.32 Å². The molecule has 12 heavy (non-hydrogen) atoms.